The summed E-state index contributed by atoms with van der Waals surface area (Å²) in [4.78, 5) is 5.69. The SMILES string of the molecule is Cc1ccc2cc(C3CC(c4cccs4)=NN3S(=O)(=O)c3ccccc3)c(Cl)nc2c1. The van der Waals surface area contributed by atoms with Crippen LogP contribution in [-0.4, -0.2) is 23.5 Å². The van der Waals surface area contributed by atoms with Gasteiger partial charge in [-0.15, -0.1) is 11.3 Å². The maximum absolute atomic E-state index is 13.5. The highest BCUT2D eigenvalue weighted by atomic mass is 35.5. The fourth-order valence-electron chi connectivity index (χ4n) is 3.74. The van der Waals surface area contributed by atoms with E-state index in [0.717, 1.165) is 27.1 Å². The molecule has 31 heavy (non-hydrogen) atoms. The van der Waals surface area contributed by atoms with Crippen molar-refractivity contribution in [2.45, 2.75) is 24.3 Å². The molecular weight excluding hydrogens is 450 g/mol. The van der Waals surface area contributed by atoms with Gasteiger partial charge in [0, 0.05) is 17.4 Å². The number of hydrogen-bond acceptors (Lipinski definition) is 5. The number of rotatable bonds is 4. The second-order valence-corrected chi connectivity index (χ2v) is 10.5. The Kier molecular flexibility index (Phi) is 5.04. The van der Waals surface area contributed by atoms with E-state index >= 15 is 0 Å². The largest absolute Gasteiger partial charge is 0.279 e. The number of thiophene rings is 1. The van der Waals surface area contributed by atoms with Crippen LogP contribution in [0.4, 0.5) is 0 Å². The van der Waals surface area contributed by atoms with Crippen molar-refractivity contribution in [3.05, 3.63) is 93.3 Å². The molecule has 0 saturated carbocycles. The number of hydrogen-bond donors (Lipinski definition) is 0. The molecule has 0 N–H and O–H groups in total. The zero-order chi connectivity index (χ0) is 21.6. The lowest BCUT2D eigenvalue weighted by atomic mass is 10.0. The van der Waals surface area contributed by atoms with Crippen molar-refractivity contribution >= 4 is 49.6 Å². The first kappa shape index (κ1) is 20.2. The summed E-state index contributed by atoms with van der Waals surface area (Å²) in [7, 11) is -3.87. The molecule has 5 nitrogen and oxygen atoms in total. The number of sulfonamides is 1. The molecule has 1 aliphatic rings. The fourth-order valence-corrected chi connectivity index (χ4v) is 6.18. The Hall–Kier alpha value is -2.74. The Bertz CT molecular complexity index is 1400. The van der Waals surface area contributed by atoms with Crippen LogP contribution in [0.15, 0.2) is 82.1 Å². The van der Waals surface area contributed by atoms with Crippen molar-refractivity contribution in [2.75, 3.05) is 0 Å². The first-order chi connectivity index (χ1) is 14.9. The number of nitrogens with zero attached hydrogens (tertiary/aromatic N) is 3. The summed E-state index contributed by atoms with van der Waals surface area (Å²) < 4.78 is 28.2. The van der Waals surface area contributed by atoms with Crippen LogP contribution in [0.1, 0.15) is 28.5 Å². The van der Waals surface area contributed by atoms with Gasteiger partial charge in [-0.05, 0) is 48.2 Å². The highest BCUT2D eigenvalue weighted by Gasteiger charge is 2.39. The molecule has 0 saturated heterocycles. The van der Waals surface area contributed by atoms with Crippen LogP contribution in [0, 0.1) is 6.92 Å². The second-order valence-electron chi connectivity index (χ2n) is 7.40. The summed E-state index contributed by atoms with van der Waals surface area (Å²) >= 11 is 8.12. The van der Waals surface area contributed by atoms with E-state index in [9.17, 15) is 8.42 Å². The fraction of sp³-hybridized carbons (Fsp3) is 0.130. The molecule has 0 amide bonds. The zero-order valence-corrected chi connectivity index (χ0v) is 19.0. The molecule has 5 rings (SSSR count). The van der Waals surface area contributed by atoms with Gasteiger partial charge in [0.25, 0.3) is 10.0 Å². The third kappa shape index (κ3) is 3.63. The summed E-state index contributed by atoms with van der Waals surface area (Å²) in [6, 6.07) is 19.5. The summed E-state index contributed by atoms with van der Waals surface area (Å²) in [5, 5.41) is 7.71. The minimum absolute atomic E-state index is 0.191. The van der Waals surface area contributed by atoms with Gasteiger partial charge in [0.2, 0.25) is 0 Å². The number of halogens is 1. The lowest BCUT2D eigenvalue weighted by molar-refractivity contribution is 0.371. The van der Waals surface area contributed by atoms with Gasteiger partial charge in [0.05, 0.1) is 27.0 Å². The molecule has 2 aromatic carbocycles. The first-order valence-electron chi connectivity index (χ1n) is 9.71. The number of hydrazone groups is 1. The highest BCUT2D eigenvalue weighted by molar-refractivity contribution is 7.89. The Morgan fingerprint density at radius 2 is 1.87 bits per heavy atom. The average Bonchev–Trinajstić information content (AvgIpc) is 3.44. The molecule has 8 heteroatoms. The second kappa shape index (κ2) is 7.75. The number of aryl methyl sites for hydroxylation is 1. The Morgan fingerprint density at radius 3 is 2.61 bits per heavy atom. The normalized spacial score (nSPS) is 16.6. The van der Waals surface area contributed by atoms with Crippen molar-refractivity contribution in [1.29, 1.82) is 0 Å². The van der Waals surface area contributed by atoms with E-state index in [1.807, 2.05) is 48.7 Å². The molecule has 4 aromatic rings. The monoisotopic (exact) mass is 467 g/mol. The number of pyridine rings is 1. The van der Waals surface area contributed by atoms with E-state index in [1.165, 1.54) is 15.8 Å². The van der Waals surface area contributed by atoms with Crippen LogP contribution in [0.5, 0.6) is 0 Å². The van der Waals surface area contributed by atoms with Crippen molar-refractivity contribution < 1.29 is 8.42 Å². The third-order valence-corrected chi connectivity index (χ3v) is 8.20. The van der Waals surface area contributed by atoms with Crippen LogP contribution >= 0.6 is 22.9 Å². The smallest absolute Gasteiger partial charge is 0.236 e. The van der Waals surface area contributed by atoms with Crippen molar-refractivity contribution in [2.24, 2.45) is 5.10 Å². The van der Waals surface area contributed by atoms with E-state index in [0.29, 0.717) is 17.1 Å². The first-order valence-corrected chi connectivity index (χ1v) is 12.4. The third-order valence-electron chi connectivity index (χ3n) is 5.28. The maximum atomic E-state index is 13.5. The van der Waals surface area contributed by atoms with Gasteiger partial charge in [-0.25, -0.2) is 4.98 Å². The molecule has 2 aromatic heterocycles. The van der Waals surface area contributed by atoms with Gasteiger partial charge in [-0.2, -0.15) is 17.9 Å². The summed E-state index contributed by atoms with van der Waals surface area (Å²) in [6.45, 7) is 2.00. The molecule has 0 bridgehead atoms. The summed E-state index contributed by atoms with van der Waals surface area (Å²) in [5.41, 5.74) is 3.23. The molecule has 0 fully saturated rings. The predicted molar refractivity (Wildman–Crippen MR) is 125 cm³/mol. The molecule has 1 aliphatic heterocycles. The topological polar surface area (TPSA) is 62.6 Å². The lowest BCUT2D eigenvalue weighted by Gasteiger charge is -2.24. The van der Waals surface area contributed by atoms with E-state index in [4.69, 9.17) is 11.6 Å². The van der Waals surface area contributed by atoms with E-state index in [1.54, 1.807) is 30.3 Å². The summed E-state index contributed by atoms with van der Waals surface area (Å²) in [5.74, 6) is 0. The molecule has 3 heterocycles. The number of benzene rings is 2. The van der Waals surface area contributed by atoms with Crippen LogP contribution in [-0.2, 0) is 10.0 Å². The van der Waals surface area contributed by atoms with Gasteiger partial charge in [0.15, 0.2) is 0 Å². The molecule has 0 radical (unpaired) electrons. The van der Waals surface area contributed by atoms with Crippen LogP contribution in [0.3, 0.4) is 0 Å². The summed E-state index contributed by atoms with van der Waals surface area (Å²) in [6.07, 6.45) is 0.422. The Morgan fingerprint density at radius 1 is 1.06 bits per heavy atom. The van der Waals surface area contributed by atoms with Gasteiger partial charge < -0.3 is 0 Å². The van der Waals surface area contributed by atoms with Crippen LogP contribution in [0.2, 0.25) is 5.15 Å². The lowest BCUT2D eigenvalue weighted by Crippen LogP contribution is -2.27. The highest BCUT2D eigenvalue weighted by Crippen LogP contribution is 2.40. The molecule has 1 atom stereocenters. The van der Waals surface area contributed by atoms with Gasteiger partial charge >= 0.3 is 0 Å². The minimum atomic E-state index is -3.87. The molecular formula is C23H18ClN3O2S2. The quantitative estimate of drug-likeness (QED) is 0.356. The molecule has 156 valence electrons. The zero-order valence-electron chi connectivity index (χ0n) is 16.6. The maximum Gasteiger partial charge on any atom is 0.279 e. The molecule has 0 spiro atoms. The van der Waals surface area contributed by atoms with Crippen molar-refractivity contribution in [1.82, 2.24) is 9.40 Å². The Labute approximate surface area is 189 Å². The number of fused-ring (bicyclic) bond motifs is 1. The molecule has 0 aliphatic carbocycles. The molecule has 1 unspecified atom stereocenters. The van der Waals surface area contributed by atoms with E-state index < -0.39 is 16.1 Å². The Balaban J connectivity index is 1.66. The average molecular weight is 468 g/mol. The minimum Gasteiger partial charge on any atom is -0.236 e. The van der Waals surface area contributed by atoms with Gasteiger partial charge in [-0.3, -0.25) is 0 Å². The van der Waals surface area contributed by atoms with Crippen molar-refractivity contribution in [3.63, 3.8) is 0 Å². The van der Waals surface area contributed by atoms with E-state index in [-0.39, 0.29) is 4.90 Å². The van der Waals surface area contributed by atoms with Crippen LogP contribution in [0.25, 0.3) is 10.9 Å². The predicted octanol–water partition coefficient (Wildman–Crippen LogP) is 5.80. The van der Waals surface area contributed by atoms with Crippen molar-refractivity contribution in [3.8, 4) is 0 Å². The van der Waals surface area contributed by atoms with Gasteiger partial charge in [-0.1, -0.05) is 48.0 Å². The number of aromatic nitrogens is 1. The van der Waals surface area contributed by atoms with E-state index in [2.05, 4.69) is 10.1 Å². The van der Waals surface area contributed by atoms with Crippen LogP contribution < -0.4 is 0 Å². The van der Waals surface area contributed by atoms with Gasteiger partial charge in [0.1, 0.15) is 5.15 Å². The standard InChI is InChI=1S/C23H18ClN3O2S2/c1-15-9-10-16-13-18(23(24)25-19(16)12-15)21-14-20(22-8-5-11-30-22)26-27(21)31(28,29)17-6-3-2-4-7-17/h2-13,21H,14H2,1H3.